The third-order valence-corrected chi connectivity index (χ3v) is 8.19. The molecule has 1 radical (unpaired) electrons. The largest absolute Gasteiger partial charge is 0.496 e. The monoisotopic (exact) mass is 583 g/mol. The van der Waals surface area contributed by atoms with Crippen LogP contribution >= 0.6 is 0 Å². The van der Waals surface area contributed by atoms with Crippen LogP contribution in [0.1, 0.15) is 65.7 Å². The van der Waals surface area contributed by atoms with Gasteiger partial charge in [-0.15, -0.1) is 0 Å². The molecule has 0 atom stereocenters. The molecule has 2 amide bonds. The first-order valence-corrected chi connectivity index (χ1v) is 16.8. The third kappa shape index (κ3) is 5.98. The summed E-state index contributed by atoms with van der Waals surface area (Å²) in [6, 6.07) is 18.8. The number of nitrogens with one attached hydrogen (secondary N) is 1. The molecule has 1 N–H and O–H groups in total. The van der Waals surface area contributed by atoms with Crippen LogP contribution in [0.15, 0.2) is 60.7 Å². The molecule has 8 nitrogen and oxygen atoms in total. The average molecular weight is 584 g/mol. The Kier molecular flexibility index (Phi) is 8.52. The molecule has 9 heteroatoms. The average Bonchev–Trinajstić information content (AvgIpc) is 3.23. The predicted molar refractivity (Wildman–Crippen MR) is 169 cm³/mol. The number of ether oxygens (including phenoxy) is 1. The second kappa shape index (κ2) is 12.1. The van der Waals surface area contributed by atoms with Gasteiger partial charge in [0.25, 0.3) is 11.8 Å². The lowest BCUT2D eigenvalue weighted by atomic mass is 9.96. The lowest BCUT2D eigenvalue weighted by molar-refractivity contribution is 0.0982. The van der Waals surface area contributed by atoms with Crippen molar-refractivity contribution in [3.8, 4) is 5.75 Å². The first-order chi connectivity index (χ1) is 20.1. The summed E-state index contributed by atoms with van der Waals surface area (Å²) in [5.41, 5.74) is 4.91. The first-order valence-electron chi connectivity index (χ1n) is 14.4. The van der Waals surface area contributed by atoms with E-state index < -0.39 is 9.04 Å². The van der Waals surface area contributed by atoms with Crippen molar-refractivity contribution in [1.29, 1.82) is 0 Å². The molecule has 42 heavy (non-hydrogen) atoms. The van der Waals surface area contributed by atoms with Gasteiger partial charge in [0, 0.05) is 23.2 Å². The first kappa shape index (κ1) is 29.5. The van der Waals surface area contributed by atoms with E-state index in [0.717, 1.165) is 36.3 Å². The van der Waals surface area contributed by atoms with Crippen molar-refractivity contribution in [1.82, 2.24) is 9.55 Å². The van der Waals surface area contributed by atoms with Crippen LogP contribution in [0.4, 0.5) is 11.4 Å². The lowest BCUT2D eigenvalue weighted by Gasteiger charge is -2.23. The maximum atomic E-state index is 13.7. The smallest absolute Gasteiger partial charge is 0.259 e. The van der Waals surface area contributed by atoms with Gasteiger partial charge in [-0.1, -0.05) is 45.0 Å². The Morgan fingerprint density at radius 2 is 1.81 bits per heavy atom. The Morgan fingerprint density at radius 3 is 2.55 bits per heavy atom. The van der Waals surface area contributed by atoms with Crippen LogP contribution in [0.25, 0.3) is 11.0 Å². The second-order valence-corrected chi connectivity index (χ2v) is 14.0. The molecule has 1 aliphatic heterocycles. The van der Waals surface area contributed by atoms with Crippen LogP contribution in [0.5, 0.6) is 5.75 Å². The highest BCUT2D eigenvalue weighted by atomic mass is 28.3. The number of fused-ring (bicyclic) bond motifs is 2. The summed E-state index contributed by atoms with van der Waals surface area (Å²) in [7, 11) is 0.607. The molecule has 2 heterocycles. The SMILES string of the molecule is COc1cc(C(=O)N2CCCCc3ccccc32)ccc1C(=O)Nc1cccc2c1nc(C(C)(C)C)n2CO[Si](C)C. The van der Waals surface area contributed by atoms with E-state index in [9.17, 15) is 9.59 Å². The van der Waals surface area contributed by atoms with Gasteiger partial charge >= 0.3 is 0 Å². The number of imidazole rings is 1. The molecule has 0 unspecified atom stereocenters. The zero-order valence-corrected chi connectivity index (χ0v) is 26.3. The van der Waals surface area contributed by atoms with E-state index in [1.807, 2.05) is 41.3 Å². The Labute approximate surface area is 249 Å². The molecule has 0 aliphatic carbocycles. The van der Waals surface area contributed by atoms with Gasteiger partial charge in [-0.3, -0.25) is 9.59 Å². The standard InChI is InChI=1S/C33H39N4O4Si/c1-33(2,3)32-35-29-25(14-11-16-27(29)37(32)21-41-42(5)6)34-30(38)24-18-17-23(20-28(24)40-4)31(39)36-19-10-9-13-22-12-7-8-15-26(22)36/h7-8,11-12,14-18,20H,9-10,13,19,21H2,1-6H3,(H,34,38). The predicted octanol–water partition coefficient (Wildman–Crippen LogP) is 6.80. The Balaban J connectivity index is 1.44. The highest BCUT2D eigenvalue weighted by Gasteiger charge is 2.26. The maximum absolute atomic E-state index is 13.7. The second-order valence-electron chi connectivity index (χ2n) is 11.9. The van der Waals surface area contributed by atoms with Crippen molar-refractivity contribution in [3.63, 3.8) is 0 Å². The van der Waals surface area contributed by atoms with E-state index in [-0.39, 0.29) is 17.2 Å². The number of amides is 2. The Hall–Kier alpha value is -3.95. The number of methoxy groups -OCH3 is 1. The third-order valence-electron chi connectivity index (χ3n) is 7.48. The number of aromatic nitrogens is 2. The quantitative estimate of drug-likeness (QED) is 0.242. The molecule has 4 aromatic rings. The minimum absolute atomic E-state index is 0.106. The van der Waals surface area contributed by atoms with Crippen LogP contribution in [0.2, 0.25) is 13.1 Å². The molecule has 0 spiro atoms. The molecule has 1 aromatic heterocycles. The Morgan fingerprint density at radius 1 is 1.02 bits per heavy atom. The Bertz CT molecular complexity index is 1620. The van der Waals surface area contributed by atoms with E-state index >= 15 is 0 Å². The van der Waals surface area contributed by atoms with E-state index in [1.165, 1.54) is 12.7 Å². The summed E-state index contributed by atoms with van der Waals surface area (Å²) >= 11 is 0. The molecule has 0 bridgehead atoms. The molecule has 219 valence electrons. The number of anilines is 2. The van der Waals surface area contributed by atoms with Crippen molar-refractivity contribution < 1.29 is 18.8 Å². The van der Waals surface area contributed by atoms with Gasteiger partial charge in [-0.05, 0) is 74.3 Å². The molecule has 0 fully saturated rings. The number of carbonyl (C=O) groups excluding carboxylic acids is 2. The fourth-order valence-electron chi connectivity index (χ4n) is 5.40. The summed E-state index contributed by atoms with van der Waals surface area (Å²) in [5, 5.41) is 3.04. The van der Waals surface area contributed by atoms with Gasteiger partial charge in [0.2, 0.25) is 9.04 Å². The number of nitrogens with zero attached hydrogens (tertiary/aromatic N) is 3. The number of benzene rings is 3. The van der Waals surface area contributed by atoms with E-state index in [2.05, 4.69) is 49.8 Å². The number of hydrogen-bond acceptors (Lipinski definition) is 5. The summed E-state index contributed by atoms with van der Waals surface area (Å²) in [6.45, 7) is 11.6. The zero-order valence-electron chi connectivity index (χ0n) is 25.3. The van der Waals surface area contributed by atoms with Gasteiger partial charge in [-0.25, -0.2) is 4.98 Å². The van der Waals surface area contributed by atoms with Crippen LogP contribution in [0.3, 0.4) is 0 Å². The number of para-hydroxylation sites is 2. The number of aryl methyl sites for hydroxylation is 1. The molecule has 0 saturated heterocycles. The van der Waals surface area contributed by atoms with Gasteiger partial charge in [0.1, 0.15) is 23.8 Å². The van der Waals surface area contributed by atoms with Crippen molar-refractivity contribution in [2.24, 2.45) is 0 Å². The van der Waals surface area contributed by atoms with Crippen LogP contribution in [-0.4, -0.2) is 44.1 Å². The summed E-state index contributed by atoms with van der Waals surface area (Å²) in [6.07, 6.45) is 2.93. The lowest BCUT2D eigenvalue weighted by Crippen LogP contribution is -2.31. The number of hydrogen-bond donors (Lipinski definition) is 1. The highest BCUT2D eigenvalue weighted by Crippen LogP contribution is 2.32. The minimum Gasteiger partial charge on any atom is -0.496 e. The number of carbonyl (C=O) groups is 2. The summed E-state index contributed by atoms with van der Waals surface area (Å²) in [4.78, 5) is 34.1. The van der Waals surface area contributed by atoms with Crippen molar-refractivity contribution >= 4 is 43.3 Å². The van der Waals surface area contributed by atoms with Crippen molar-refractivity contribution in [3.05, 3.63) is 83.2 Å². The fraction of sp³-hybridized carbons (Fsp3) is 0.364. The fourth-order valence-corrected chi connectivity index (χ4v) is 5.79. The molecule has 0 saturated carbocycles. The zero-order chi connectivity index (χ0) is 30.0. The van der Waals surface area contributed by atoms with Crippen molar-refractivity contribution in [2.45, 2.75) is 65.3 Å². The maximum Gasteiger partial charge on any atom is 0.259 e. The topological polar surface area (TPSA) is 85.7 Å². The van der Waals surface area contributed by atoms with Gasteiger partial charge in [0.15, 0.2) is 0 Å². The molecular weight excluding hydrogens is 544 g/mol. The van der Waals surface area contributed by atoms with Gasteiger partial charge in [0.05, 0.1) is 23.9 Å². The molecule has 1 aliphatic rings. The van der Waals surface area contributed by atoms with Crippen molar-refractivity contribution in [2.75, 3.05) is 23.9 Å². The van der Waals surface area contributed by atoms with E-state index in [0.29, 0.717) is 41.4 Å². The number of rotatable bonds is 7. The molecule has 3 aromatic carbocycles. The molecule has 5 rings (SSSR count). The normalized spacial score (nSPS) is 13.6. The minimum atomic E-state index is -0.904. The summed E-state index contributed by atoms with van der Waals surface area (Å²) in [5.74, 6) is 0.779. The van der Waals surface area contributed by atoms with Gasteiger partial charge in [-0.2, -0.15) is 0 Å². The van der Waals surface area contributed by atoms with E-state index in [4.69, 9.17) is 14.1 Å². The summed E-state index contributed by atoms with van der Waals surface area (Å²) < 4.78 is 13.8. The van der Waals surface area contributed by atoms with Gasteiger partial charge < -0.3 is 23.9 Å². The van der Waals surface area contributed by atoms with Crippen LogP contribution in [-0.2, 0) is 23.0 Å². The highest BCUT2D eigenvalue weighted by molar-refractivity contribution is 6.48. The molecular formula is C33H39N4O4Si. The van der Waals surface area contributed by atoms with Crippen LogP contribution in [0, 0.1) is 0 Å². The van der Waals surface area contributed by atoms with E-state index in [1.54, 1.807) is 18.2 Å². The van der Waals surface area contributed by atoms with Crippen LogP contribution < -0.4 is 15.0 Å².